The zero-order valence-electron chi connectivity index (χ0n) is 19.3. The monoisotopic (exact) mass is 416 g/mol. The summed E-state index contributed by atoms with van der Waals surface area (Å²) in [5, 5.41) is 10.6. The number of aliphatic hydroxyl groups is 1. The molecule has 0 radical (unpaired) electrons. The molecule has 5 nitrogen and oxygen atoms in total. The summed E-state index contributed by atoms with van der Waals surface area (Å²) in [4.78, 5) is 4.79. The molecule has 0 unspecified atom stereocenters. The molecule has 1 aromatic rings. The van der Waals surface area contributed by atoms with Gasteiger partial charge in [0.2, 0.25) is 0 Å². The molecule has 0 aromatic heterocycles. The second-order valence-electron chi connectivity index (χ2n) is 10.4. The van der Waals surface area contributed by atoms with Crippen LogP contribution in [0.2, 0.25) is 0 Å². The number of aliphatic hydroxyl groups excluding tert-OH is 1. The number of anilines is 1. The molecule has 2 aliphatic carbocycles. The van der Waals surface area contributed by atoms with E-state index in [4.69, 9.17) is 9.47 Å². The van der Waals surface area contributed by atoms with Gasteiger partial charge in [-0.2, -0.15) is 0 Å². The van der Waals surface area contributed by atoms with Crippen LogP contribution in [0.5, 0.6) is 5.75 Å². The maximum Gasteiger partial charge on any atom is 0.119 e. The number of piperazine rings is 1. The molecule has 2 bridgehead atoms. The highest BCUT2D eigenvalue weighted by molar-refractivity contribution is 5.49. The van der Waals surface area contributed by atoms with Crippen LogP contribution < -0.4 is 9.64 Å². The van der Waals surface area contributed by atoms with E-state index in [0.717, 1.165) is 50.8 Å². The van der Waals surface area contributed by atoms with Crippen LogP contribution in [0.4, 0.5) is 5.69 Å². The lowest BCUT2D eigenvalue weighted by molar-refractivity contribution is -0.0564. The number of benzene rings is 1. The highest BCUT2D eigenvalue weighted by Gasteiger charge is 2.61. The summed E-state index contributed by atoms with van der Waals surface area (Å²) >= 11 is 0. The van der Waals surface area contributed by atoms with Crippen molar-refractivity contribution in [2.75, 3.05) is 51.3 Å². The number of fused-ring (bicyclic) bond motifs is 2. The quantitative estimate of drug-likeness (QED) is 0.698. The van der Waals surface area contributed by atoms with Crippen LogP contribution in [0, 0.1) is 16.7 Å². The normalized spacial score (nSPS) is 31.8. The van der Waals surface area contributed by atoms with Gasteiger partial charge in [0.1, 0.15) is 5.75 Å². The van der Waals surface area contributed by atoms with Crippen molar-refractivity contribution >= 4 is 5.69 Å². The van der Waals surface area contributed by atoms with Crippen LogP contribution in [0.25, 0.3) is 0 Å². The molecular formula is C25H40N2O3. The zero-order valence-corrected chi connectivity index (χ0v) is 19.3. The first-order valence-electron chi connectivity index (χ1n) is 11.7. The molecule has 2 saturated carbocycles. The Morgan fingerprint density at radius 2 is 1.80 bits per heavy atom. The molecule has 1 saturated heterocycles. The maximum absolute atomic E-state index is 10.6. The molecule has 3 aliphatic rings. The average molecular weight is 417 g/mol. The smallest absolute Gasteiger partial charge is 0.119 e. The van der Waals surface area contributed by atoms with Gasteiger partial charge in [-0.25, -0.2) is 0 Å². The summed E-state index contributed by atoms with van der Waals surface area (Å²) in [5.74, 6) is 1.70. The molecule has 1 aliphatic heterocycles. The molecule has 3 fully saturated rings. The minimum absolute atomic E-state index is 0.306. The van der Waals surface area contributed by atoms with E-state index in [1.54, 1.807) is 7.11 Å². The fourth-order valence-corrected chi connectivity index (χ4v) is 6.10. The first kappa shape index (κ1) is 21.9. The van der Waals surface area contributed by atoms with Gasteiger partial charge < -0.3 is 19.5 Å². The van der Waals surface area contributed by atoms with Gasteiger partial charge in [0.05, 0.1) is 19.3 Å². The Kier molecular flexibility index (Phi) is 6.34. The molecular weight excluding hydrogens is 376 g/mol. The van der Waals surface area contributed by atoms with Crippen molar-refractivity contribution in [2.24, 2.45) is 16.7 Å². The Morgan fingerprint density at radius 3 is 2.37 bits per heavy atom. The molecule has 5 heteroatoms. The molecule has 4 atom stereocenters. The second-order valence-corrected chi connectivity index (χ2v) is 10.4. The van der Waals surface area contributed by atoms with Gasteiger partial charge in [0.25, 0.3) is 0 Å². The van der Waals surface area contributed by atoms with Gasteiger partial charge in [0, 0.05) is 45.0 Å². The van der Waals surface area contributed by atoms with E-state index in [1.807, 2.05) is 12.1 Å². The van der Waals surface area contributed by atoms with Crippen molar-refractivity contribution < 1.29 is 14.6 Å². The number of nitrogens with zero attached hydrogens (tertiary/aromatic N) is 2. The minimum Gasteiger partial charge on any atom is -0.497 e. The number of β-amino-alcohol motifs (C(OH)–C–C–N with tert-alkyl or cyclic N) is 1. The number of hydrogen-bond donors (Lipinski definition) is 1. The van der Waals surface area contributed by atoms with Gasteiger partial charge in [-0.3, -0.25) is 4.90 Å². The topological polar surface area (TPSA) is 45.2 Å². The Hall–Kier alpha value is -1.30. The third-order valence-electron chi connectivity index (χ3n) is 8.76. The van der Waals surface area contributed by atoms with Crippen molar-refractivity contribution in [1.82, 2.24) is 4.90 Å². The summed E-state index contributed by atoms with van der Waals surface area (Å²) in [7, 11) is 1.70. The first-order chi connectivity index (χ1) is 14.3. The molecule has 1 aromatic carbocycles. The Bertz CT molecular complexity index is 699. The van der Waals surface area contributed by atoms with Gasteiger partial charge in [-0.15, -0.1) is 0 Å². The lowest BCUT2D eigenvalue weighted by Gasteiger charge is -2.39. The number of rotatable bonds is 8. The van der Waals surface area contributed by atoms with Crippen LogP contribution >= 0.6 is 0 Å². The fourth-order valence-electron chi connectivity index (χ4n) is 6.10. The van der Waals surface area contributed by atoms with Gasteiger partial charge in [-0.05, 0) is 66.7 Å². The second kappa shape index (κ2) is 8.68. The minimum atomic E-state index is -0.308. The summed E-state index contributed by atoms with van der Waals surface area (Å²) in [6.07, 6.45) is 4.64. The standard InChI is InChI=1S/C25H40N2O3/c1-24(2)19-9-11-25(24,3)23(17-19)30-16-10-21(28)18-26-12-14-27(15-13-26)20-5-7-22(29-4)8-6-20/h5-8,19,21,23,28H,9-18H2,1-4H3/t19-,21-,23+,25-/m0/s1. The SMILES string of the molecule is COc1ccc(N2CCN(C[C@@H](O)CCO[C@@H]3C[C@@H]4CC[C@]3(C)C4(C)C)CC2)cc1. The predicted molar refractivity (Wildman–Crippen MR) is 121 cm³/mol. The van der Waals surface area contributed by atoms with Crippen LogP contribution in [0.3, 0.4) is 0 Å². The van der Waals surface area contributed by atoms with E-state index in [9.17, 15) is 5.11 Å². The molecule has 1 heterocycles. The third kappa shape index (κ3) is 4.09. The van der Waals surface area contributed by atoms with Crippen molar-refractivity contribution in [3.63, 3.8) is 0 Å². The Balaban J connectivity index is 1.16. The number of hydrogen-bond acceptors (Lipinski definition) is 5. The summed E-state index contributed by atoms with van der Waals surface area (Å²) in [5.41, 5.74) is 1.94. The highest BCUT2D eigenvalue weighted by atomic mass is 16.5. The van der Waals surface area contributed by atoms with Gasteiger partial charge in [-0.1, -0.05) is 20.8 Å². The van der Waals surface area contributed by atoms with E-state index >= 15 is 0 Å². The molecule has 30 heavy (non-hydrogen) atoms. The van der Waals surface area contributed by atoms with Crippen LogP contribution in [-0.4, -0.2) is 68.7 Å². The number of methoxy groups -OCH3 is 1. The average Bonchev–Trinajstić information content (AvgIpc) is 3.08. The Labute approximate surface area is 182 Å². The predicted octanol–water partition coefficient (Wildman–Crippen LogP) is 3.80. The van der Waals surface area contributed by atoms with Crippen molar-refractivity contribution in [3.8, 4) is 5.75 Å². The lowest BCUT2D eigenvalue weighted by Crippen LogP contribution is -2.48. The summed E-state index contributed by atoms with van der Waals surface area (Å²) in [6, 6.07) is 8.28. The Morgan fingerprint density at radius 1 is 1.10 bits per heavy atom. The van der Waals surface area contributed by atoms with E-state index < -0.39 is 0 Å². The maximum atomic E-state index is 10.6. The molecule has 1 N–H and O–H groups in total. The van der Waals surface area contributed by atoms with Crippen LogP contribution in [0.15, 0.2) is 24.3 Å². The first-order valence-corrected chi connectivity index (χ1v) is 11.7. The number of ether oxygens (including phenoxy) is 2. The van der Waals surface area contributed by atoms with E-state index in [-0.39, 0.29) is 6.10 Å². The van der Waals surface area contributed by atoms with Crippen molar-refractivity contribution in [1.29, 1.82) is 0 Å². The van der Waals surface area contributed by atoms with Gasteiger partial charge >= 0.3 is 0 Å². The summed E-state index contributed by atoms with van der Waals surface area (Å²) < 4.78 is 11.6. The molecule has 0 spiro atoms. The van der Waals surface area contributed by atoms with Crippen molar-refractivity contribution in [2.45, 2.75) is 58.7 Å². The van der Waals surface area contributed by atoms with E-state index in [1.165, 1.54) is 24.9 Å². The molecule has 4 rings (SSSR count). The van der Waals surface area contributed by atoms with E-state index in [2.05, 4.69) is 42.7 Å². The largest absolute Gasteiger partial charge is 0.497 e. The van der Waals surface area contributed by atoms with Crippen LogP contribution in [-0.2, 0) is 4.74 Å². The molecule has 0 amide bonds. The lowest BCUT2D eigenvalue weighted by atomic mass is 9.70. The third-order valence-corrected chi connectivity index (χ3v) is 8.76. The van der Waals surface area contributed by atoms with E-state index in [0.29, 0.717) is 23.5 Å². The van der Waals surface area contributed by atoms with Crippen molar-refractivity contribution in [3.05, 3.63) is 24.3 Å². The van der Waals surface area contributed by atoms with Gasteiger partial charge in [0.15, 0.2) is 0 Å². The highest BCUT2D eigenvalue weighted by Crippen LogP contribution is 2.66. The fraction of sp³-hybridized carbons (Fsp3) is 0.760. The zero-order chi connectivity index (χ0) is 21.4. The molecule has 168 valence electrons. The van der Waals surface area contributed by atoms with Crippen LogP contribution in [0.1, 0.15) is 46.5 Å². The summed E-state index contributed by atoms with van der Waals surface area (Å²) in [6.45, 7) is 12.7.